The average molecular weight is 240 g/mol. The third-order valence-electron chi connectivity index (χ3n) is 2.53. The van der Waals surface area contributed by atoms with Gasteiger partial charge in [-0.15, -0.1) is 0 Å². The molecule has 2 rings (SSSR count). The van der Waals surface area contributed by atoms with Crippen LogP contribution in [0.3, 0.4) is 0 Å². The normalized spacial score (nSPS) is 23.8. The van der Waals surface area contributed by atoms with Gasteiger partial charge in [0.1, 0.15) is 5.82 Å². The molecule has 0 aromatic heterocycles. The Hall–Kier alpha value is -1.46. The first-order valence-corrected chi connectivity index (χ1v) is 5.37. The minimum absolute atomic E-state index is 0.0556. The van der Waals surface area contributed by atoms with Gasteiger partial charge in [-0.25, -0.2) is 4.39 Å². The molecule has 1 N–H and O–H groups in total. The maximum absolute atomic E-state index is 12.7. The first-order chi connectivity index (χ1) is 8.13. The Labute approximate surface area is 98.0 Å². The molecule has 17 heavy (non-hydrogen) atoms. The van der Waals surface area contributed by atoms with Crippen LogP contribution < -0.4 is 0 Å². The number of ether oxygens (including phenoxy) is 2. The highest BCUT2D eigenvalue weighted by Gasteiger charge is 2.27. The number of hydrogen-bond acceptors (Lipinski definition) is 3. The smallest absolute Gasteiger partial charge is 0.306 e. The average Bonchev–Trinajstić information content (AvgIpc) is 2.68. The molecule has 1 fully saturated rings. The predicted octanol–water partition coefficient (Wildman–Crippen LogP) is 1.58. The number of aliphatic carboxylic acids is 1. The molecule has 5 heteroatoms. The lowest BCUT2D eigenvalue weighted by atomic mass is 10.1. The van der Waals surface area contributed by atoms with Crippen molar-refractivity contribution in [3.8, 4) is 0 Å². The van der Waals surface area contributed by atoms with Crippen LogP contribution in [0.2, 0.25) is 0 Å². The third kappa shape index (κ3) is 3.51. The van der Waals surface area contributed by atoms with E-state index in [0.717, 1.165) is 5.56 Å². The number of benzene rings is 1. The Kier molecular flexibility index (Phi) is 3.71. The van der Waals surface area contributed by atoms with E-state index in [4.69, 9.17) is 14.6 Å². The van der Waals surface area contributed by atoms with Crippen LogP contribution in [0.4, 0.5) is 4.39 Å². The lowest BCUT2D eigenvalue weighted by Crippen LogP contribution is -2.17. The molecule has 1 aromatic rings. The van der Waals surface area contributed by atoms with E-state index in [0.29, 0.717) is 6.42 Å². The van der Waals surface area contributed by atoms with Gasteiger partial charge in [-0.3, -0.25) is 4.79 Å². The van der Waals surface area contributed by atoms with Gasteiger partial charge in [0.2, 0.25) is 0 Å². The highest BCUT2D eigenvalue weighted by atomic mass is 19.1. The molecule has 1 heterocycles. The second kappa shape index (κ2) is 5.25. The van der Waals surface area contributed by atoms with Crippen LogP contribution >= 0.6 is 0 Å². The largest absolute Gasteiger partial charge is 0.481 e. The summed E-state index contributed by atoms with van der Waals surface area (Å²) in [7, 11) is 0. The van der Waals surface area contributed by atoms with Gasteiger partial charge in [0.05, 0.1) is 19.1 Å². The van der Waals surface area contributed by atoms with E-state index in [-0.39, 0.29) is 18.8 Å². The molecule has 0 amide bonds. The van der Waals surface area contributed by atoms with E-state index in [1.165, 1.54) is 12.1 Å². The van der Waals surface area contributed by atoms with Crippen LogP contribution in [-0.4, -0.2) is 30.1 Å². The van der Waals surface area contributed by atoms with Crippen molar-refractivity contribution >= 4 is 5.97 Å². The van der Waals surface area contributed by atoms with Gasteiger partial charge >= 0.3 is 5.97 Å². The summed E-state index contributed by atoms with van der Waals surface area (Å²) in [5.41, 5.74) is 0.896. The Morgan fingerprint density at radius 3 is 2.76 bits per heavy atom. The monoisotopic (exact) mass is 240 g/mol. The molecule has 0 saturated carbocycles. The van der Waals surface area contributed by atoms with Gasteiger partial charge in [-0.05, 0) is 17.7 Å². The van der Waals surface area contributed by atoms with E-state index < -0.39 is 18.4 Å². The highest BCUT2D eigenvalue weighted by molar-refractivity contribution is 5.67. The molecule has 2 unspecified atom stereocenters. The summed E-state index contributed by atoms with van der Waals surface area (Å²) < 4.78 is 23.4. The zero-order valence-corrected chi connectivity index (χ0v) is 9.14. The number of carbonyl (C=O) groups is 1. The Balaban J connectivity index is 1.85. The van der Waals surface area contributed by atoms with Crippen molar-refractivity contribution in [2.45, 2.75) is 25.2 Å². The zero-order valence-electron chi connectivity index (χ0n) is 9.14. The fourth-order valence-corrected chi connectivity index (χ4v) is 1.73. The van der Waals surface area contributed by atoms with Crippen molar-refractivity contribution in [1.29, 1.82) is 0 Å². The molecule has 92 valence electrons. The highest BCUT2D eigenvalue weighted by Crippen LogP contribution is 2.18. The molecule has 1 saturated heterocycles. The second-order valence-electron chi connectivity index (χ2n) is 3.95. The summed E-state index contributed by atoms with van der Waals surface area (Å²) in [6.07, 6.45) is -0.390. The van der Waals surface area contributed by atoms with Crippen molar-refractivity contribution in [3.05, 3.63) is 35.6 Å². The van der Waals surface area contributed by atoms with E-state index in [1.807, 2.05) is 0 Å². The van der Waals surface area contributed by atoms with Crippen LogP contribution in [-0.2, 0) is 20.7 Å². The SMILES string of the molecule is O=C(O)CC1COC(Cc2ccc(F)cc2)O1. The number of rotatable bonds is 4. The minimum atomic E-state index is -0.902. The number of carboxylic acids is 1. The number of carboxylic acid groups (broad SMARTS) is 1. The summed E-state index contributed by atoms with van der Waals surface area (Å²) in [6.45, 7) is 0.290. The summed E-state index contributed by atoms with van der Waals surface area (Å²) >= 11 is 0. The van der Waals surface area contributed by atoms with Crippen LogP contribution in [0.15, 0.2) is 24.3 Å². The van der Waals surface area contributed by atoms with Gasteiger partial charge < -0.3 is 14.6 Å². The Morgan fingerprint density at radius 1 is 1.41 bits per heavy atom. The van der Waals surface area contributed by atoms with Crippen LogP contribution in [0.5, 0.6) is 0 Å². The van der Waals surface area contributed by atoms with E-state index in [2.05, 4.69) is 0 Å². The molecule has 0 bridgehead atoms. The molecule has 1 aromatic carbocycles. The van der Waals surface area contributed by atoms with Crippen LogP contribution in [0.1, 0.15) is 12.0 Å². The fourth-order valence-electron chi connectivity index (χ4n) is 1.73. The first kappa shape index (κ1) is 12.0. The molecule has 1 aliphatic rings. The Morgan fingerprint density at radius 2 is 2.12 bits per heavy atom. The summed E-state index contributed by atoms with van der Waals surface area (Å²) in [4.78, 5) is 10.5. The first-order valence-electron chi connectivity index (χ1n) is 5.37. The topological polar surface area (TPSA) is 55.8 Å². The Bertz CT molecular complexity index is 390. The second-order valence-corrected chi connectivity index (χ2v) is 3.95. The lowest BCUT2D eigenvalue weighted by Gasteiger charge is -2.10. The third-order valence-corrected chi connectivity index (χ3v) is 2.53. The molecular formula is C12H13FO4. The molecule has 0 spiro atoms. The zero-order chi connectivity index (χ0) is 12.3. The van der Waals surface area contributed by atoms with Gasteiger partial charge in [0.15, 0.2) is 6.29 Å². The predicted molar refractivity (Wildman–Crippen MR) is 57.0 cm³/mol. The van der Waals surface area contributed by atoms with E-state index in [1.54, 1.807) is 12.1 Å². The standard InChI is InChI=1S/C12H13FO4/c13-9-3-1-8(2-4-9)5-12-16-7-10(17-12)6-11(14)15/h1-4,10,12H,5-7H2,(H,14,15). The van der Waals surface area contributed by atoms with E-state index >= 15 is 0 Å². The van der Waals surface area contributed by atoms with E-state index in [9.17, 15) is 9.18 Å². The van der Waals surface area contributed by atoms with Crippen molar-refractivity contribution in [3.63, 3.8) is 0 Å². The van der Waals surface area contributed by atoms with Gasteiger partial charge in [-0.1, -0.05) is 12.1 Å². The van der Waals surface area contributed by atoms with Gasteiger partial charge in [-0.2, -0.15) is 0 Å². The van der Waals surface area contributed by atoms with Crippen molar-refractivity contribution in [2.75, 3.05) is 6.61 Å². The molecule has 2 atom stereocenters. The van der Waals surface area contributed by atoms with Gasteiger partial charge in [0.25, 0.3) is 0 Å². The molecular weight excluding hydrogens is 227 g/mol. The summed E-state index contributed by atoms with van der Waals surface area (Å²) in [5.74, 6) is -1.19. The fraction of sp³-hybridized carbons (Fsp3) is 0.417. The molecule has 1 aliphatic heterocycles. The maximum atomic E-state index is 12.7. The number of hydrogen-bond donors (Lipinski definition) is 1. The maximum Gasteiger partial charge on any atom is 0.306 e. The van der Waals surface area contributed by atoms with Gasteiger partial charge in [0, 0.05) is 6.42 Å². The van der Waals surface area contributed by atoms with Crippen molar-refractivity contribution < 1.29 is 23.8 Å². The summed E-state index contributed by atoms with van der Waals surface area (Å²) in [6, 6.07) is 6.07. The molecule has 0 radical (unpaired) electrons. The van der Waals surface area contributed by atoms with Crippen molar-refractivity contribution in [2.24, 2.45) is 0 Å². The number of halogens is 1. The van der Waals surface area contributed by atoms with Crippen LogP contribution in [0.25, 0.3) is 0 Å². The molecule has 4 nitrogen and oxygen atoms in total. The van der Waals surface area contributed by atoms with Crippen molar-refractivity contribution in [1.82, 2.24) is 0 Å². The van der Waals surface area contributed by atoms with Crippen LogP contribution in [0, 0.1) is 5.82 Å². The lowest BCUT2D eigenvalue weighted by molar-refractivity contribution is -0.140. The quantitative estimate of drug-likeness (QED) is 0.868. The minimum Gasteiger partial charge on any atom is -0.481 e. The molecule has 0 aliphatic carbocycles. The summed E-state index contributed by atoms with van der Waals surface area (Å²) in [5, 5.41) is 8.60.